The van der Waals surface area contributed by atoms with Gasteiger partial charge in [0.1, 0.15) is 0 Å². The predicted molar refractivity (Wildman–Crippen MR) is 45.4 cm³/mol. The van der Waals surface area contributed by atoms with Gasteiger partial charge in [0.05, 0.1) is 0 Å². The maximum Gasteiger partial charge on any atom is 0.0499 e. The average molecular weight is 154 g/mol. The molecule has 0 aromatic carbocycles. The SMILES string of the molecule is C[C@H]1COC[C@H]2[C@H]1CC[C@@H]2C. The lowest BCUT2D eigenvalue weighted by Crippen LogP contribution is -2.32. The van der Waals surface area contributed by atoms with Gasteiger partial charge in [-0.1, -0.05) is 20.3 Å². The highest BCUT2D eigenvalue weighted by atomic mass is 16.5. The van der Waals surface area contributed by atoms with Gasteiger partial charge in [0.15, 0.2) is 0 Å². The Labute approximate surface area is 69.1 Å². The van der Waals surface area contributed by atoms with E-state index in [2.05, 4.69) is 13.8 Å². The van der Waals surface area contributed by atoms with Gasteiger partial charge in [0, 0.05) is 13.2 Å². The van der Waals surface area contributed by atoms with Crippen molar-refractivity contribution in [3.05, 3.63) is 0 Å². The third-order valence-corrected chi connectivity index (χ3v) is 3.66. The van der Waals surface area contributed by atoms with Gasteiger partial charge in [0.25, 0.3) is 0 Å². The van der Waals surface area contributed by atoms with Crippen LogP contribution < -0.4 is 0 Å². The van der Waals surface area contributed by atoms with Crippen molar-refractivity contribution >= 4 is 0 Å². The zero-order chi connectivity index (χ0) is 7.84. The first-order valence-electron chi connectivity index (χ1n) is 4.87. The van der Waals surface area contributed by atoms with Crippen molar-refractivity contribution in [2.75, 3.05) is 13.2 Å². The molecule has 0 N–H and O–H groups in total. The largest absolute Gasteiger partial charge is 0.381 e. The average Bonchev–Trinajstić information content (AvgIpc) is 2.35. The Morgan fingerprint density at radius 1 is 0.909 bits per heavy atom. The quantitative estimate of drug-likeness (QED) is 0.520. The highest BCUT2D eigenvalue weighted by molar-refractivity contribution is 4.87. The van der Waals surface area contributed by atoms with Gasteiger partial charge in [-0.15, -0.1) is 0 Å². The monoisotopic (exact) mass is 154 g/mol. The molecule has 4 atom stereocenters. The highest BCUT2D eigenvalue weighted by Crippen LogP contribution is 2.43. The smallest absolute Gasteiger partial charge is 0.0499 e. The van der Waals surface area contributed by atoms with Crippen molar-refractivity contribution in [3.63, 3.8) is 0 Å². The van der Waals surface area contributed by atoms with Crippen LogP contribution in [-0.2, 0) is 4.74 Å². The van der Waals surface area contributed by atoms with E-state index in [0.717, 1.165) is 36.9 Å². The van der Waals surface area contributed by atoms with Gasteiger partial charge in [-0.05, 0) is 30.1 Å². The van der Waals surface area contributed by atoms with Gasteiger partial charge in [-0.3, -0.25) is 0 Å². The molecule has 0 aromatic heterocycles. The molecule has 11 heavy (non-hydrogen) atoms. The minimum absolute atomic E-state index is 0.818. The molecule has 64 valence electrons. The molecular formula is C10H18O. The van der Waals surface area contributed by atoms with Crippen LogP contribution in [0, 0.1) is 23.7 Å². The number of ether oxygens (including phenoxy) is 1. The van der Waals surface area contributed by atoms with Gasteiger partial charge >= 0.3 is 0 Å². The third kappa shape index (κ3) is 1.20. The standard InChI is InChI=1S/C10H18O/c1-7-3-4-9-8(2)5-11-6-10(7)9/h7-10H,3-6H2,1-2H3/t7-,8-,9-,10+/m0/s1. The van der Waals surface area contributed by atoms with Crippen molar-refractivity contribution in [3.8, 4) is 0 Å². The van der Waals surface area contributed by atoms with E-state index in [4.69, 9.17) is 4.74 Å². The topological polar surface area (TPSA) is 9.23 Å². The van der Waals surface area contributed by atoms with Crippen LogP contribution in [0.1, 0.15) is 26.7 Å². The van der Waals surface area contributed by atoms with E-state index < -0.39 is 0 Å². The summed E-state index contributed by atoms with van der Waals surface area (Å²) >= 11 is 0. The summed E-state index contributed by atoms with van der Waals surface area (Å²) < 4.78 is 5.57. The minimum atomic E-state index is 0.818. The van der Waals surface area contributed by atoms with Crippen LogP contribution in [0.5, 0.6) is 0 Å². The maximum atomic E-state index is 5.57. The van der Waals surface area contributed by atoms with E-state index in [9.17, 15) is 0 Å². The first-order chi connectivity index (χ1) is 5.29. The van der Waals surface area contributed by atoms with Gasteiger partial charge in [-0.25, -0.2) is 0 Å². The Kier molecular flexibility index (Phi) is 1.92. The van der Waals surface area contributed by atoms with E-state index in [1.165, 1.54) is 12.8 Å². The van der Waals surface area contributed by atoms with Crippen LogP contribution in [0.4, 0.5) is 0 Å². The molecule has 0 amide bonds. The second-order valence-electron chi connectivity index (χ2n) is 4.40. The summed E-state index contributed by atoms with van der Waals surface area (Å²) in [7, 11) is 0. The van der Waals surface area contributed by atoms with Crippen LogP contribution >= 0.6 is 0 Å². The first-order valence-corrected chi connectivity index (χ1v) is 4.87. The van der Waals surface area contributed by atoms with Gasteiger partial charge in [-0.2, -0.15) is 0 Å². The van der Waals surface area contributed by atoms with E-state index in [-0.39, 0.29) is 0 Å². The van der Waals surface area contributed by atoms with Crippen molar-refractivity contribution in [2.45, 2.75) is 26.7 Å². The molecular weight excluding hydrogens is 136 g/mol. The van der Waals surface area contributed by atoms with E-state index in [1.807, 2.05) is 0 Å². The lowest BCUT2D eigenvalue weighted by molar-refractivity contribution is -0.0200. The van der Waals surface area contributed by atoms with E-state index >= 15 is 0 Å². The molecule has 0 bridgehead atoms. The minimum Gasteiger partial charge on any atom is -0.381 e. The zero-order valence-corrected chi connectivity index (χ0v) is 7.55. The summed E-state index contributed by atoms with van der Waals surface area (Å²) in [5, 5.41) is 0. The molecule has 1 saturated carbocycles. The fraction of sp³-hybridized carbons (Fsp3) is 1.00. The molecule has 1 saturated heterocycles. The molecule has 2 aliphatic rings. The molecule has 1 heterocycles. The van der Waals surface area contributed by atoms with Crippen LogP contribution in [0.3, 0.4) is 0 Å². The molecule has 1 aliphatic carbocycles. The molecule has 0 aromatic rings. The van der Waals surface area contributed by atoms with E-state index in [1.54, 1.807) is 0 Å². The maximum absolute atomic E-state index is 5.57. The summed E-state index contributed by atoms with van der Waals surface area (Å²) in [5.41, 5.74) is 0. The normalized spacial score (nSPS) is 50.7. The summed E-state index contributed by atoms with van der Waals surface area (Å²) in [5.74, 6) is 3.61. The van der Waals surface area contributed by atoms with Crippen molar-refractivity contribution in [1.82, 2.24) is 0 Å². The van der Waals surface area contributed by atoms with Gasteiger partial charge in [0.2, 0.25) is 0 Å². The molecule has 1 heteroatoms. The van der Waals surface area contributed by atoms with Crippen molar-refractivity contribution in [1.29, 1.82) is 0 Å². The second kappa shape index (κ2) is 2.78. The number of rotatable bonds is 0. The summed E-state index contributed by atoms with van der Waals surface area (Å²) in [6.07, 6.45) is 2.89. The summed E-state index contributed by atoms with van der Waals surface area (Å²) in [6, 6.07) is 0. The third-order valence-electron chi connectivity index (χ3n) is 3.66. The Morgan fingerprint density at radius 2 is 1.73 bits per heavy atom. The zero-order valence-electron chi connectivity index (χ0n) is 7.55. The number of hydrogen-bond acceptors (Lipinski definition) is 1. The van der Waals surface area contributed by atoms with Crippen LogP contribution in [0.15, 0.2) is 0 Å². The Balaban J connectivity index is 2.07. The molecule has 2 rings (SSSR count). The Hall–Kier alpha value is -0.0400. The lowest BCUT2D eigenvalue weighted by atomic mass is 9.81. The number of fused-ring (bicyclic) bond motifs is 1. The fourth-order valence-corrected chi connectivity index (χ4v) is 2.81. The Bertz CT molecular complexity index is 142. The fourth-order valence-electron chi connectivity index (χ4n) is 2.81. The second-order valence-corrected chi connectivity index (χ2v) is 4.40. The Morgan fingerprint density at radius 3 is 2.45 bits per heavy atom. The highest BCUT2D eigenvalue weighted by Gasteiger charge is 2.39. The van der Waals surface area contributed by atoms with Crippen LogP contribution in [0.2, 0.25) is 0 Å². The number of hydrogen-bond donors (Lipinski definition) is 0. The molecule has 2 fully saturated rings. The molecule has 0 unspecified atom stereocenters. The molecule has 1 aliphatic heterocycles. The van der Waals surface area contributed by atoms with Crippen molar-refractivity contribution in [2.24, 2.45) is 23.7 Å². The summed E-state index contributed by atoms with van der Waals surface area (Å²) in [4.78, 5) is 0. The van der Waals surface area contributed by atoms with Crippen molar-refractivity contribution < 1.29 is 4.74 Å². The molecule has 0 spiro atoms. The van der Waals surface area contributed by atoms with Crippen LogP contribution in [0.25, 0.3) is 0 Å². The van der Waals surface area contributed by atoms with E-state index in [0.29, 0.717) is 0 Å². The molecule has 1 nitrogen and oxygen atoms in total. The molecule has 0 radical (unpaired) electrons. The predicted octanol–water partition coefficient (Wildman–Crippen LogP) is 2.32. The van der Waals surface area contributed by atoms with Crippen LogP contribution in [-0.4, -0.2) is 13.2 Å². The summed E-state index contributed by atoms with van der Waals surface area (Å²) in [6.45, 7) is 6.77. The van der Waals surface area contributed by atoms with Gasteiger partial charge < -0.3 is 4.74 Å². The lowest BCUT2D eigenvalue weighted by Gasteiger charge is -2.33. The first kappa shape index (κ1) is 7.60.